The van der Waals surface area contributed by atoms with E-state index in [1.54, 1.807) is 10.9 Å². The van der Waals surface area contributed by atoms with Crippen molar-refractivity contribution >= 4 is 27.0 Å². The Balaban J connectivity index is 1.79. The van der Waals surface area contributed by atoms with Gasteiger partial charge in [0.2, 0.25) is 5.88 Å². The molecule has 5 nitrogen and oxygen atoms in total. The molecule has 4 aromatic rings. The number of benzene rings is 2. The van der Waals surface area contributed by atoms with Gasteiger partial charge in [-0.15, -0.1) is 0 Å². The molecule has 0 fully saturated rings. The van der Waals surface area contributed by atoms with Gasteiger partial charge in [0, 0.05) is 0 Å². The van der Waals surface area contributed by atoms with Crippen molar-refractivity contribution in [2.45, 2.75) is 0 Å². The summed E-state index contributed by atoms with van der Waals surface area (Å²) in [5, 5.41) is 5.03. The van der Waals surface area contributed by atoms with E-state index in [2.05, 4.69) is 31.0 Å². The van der Waals surface area contributed by atoms with Gasteiger partial charge in [0.05, 0.1) is 16.4 Å². The normalized spacial score (nSPS) is 10.9. The lowest BCUT2D eigenvalue weighted by Crippen LogP contribution is -1.98. The molecule has 0 saturated heterocycles. The number of hydrogen-bond donors (Lipinski definition) is 0. The van der Waals surface area contributed by atoms with Crippen LogP contribution in [0.1, 0.15) is 0 Å². The first kappa shape index (κ1) is 14.8. The summed E-state index contributed by atoms with van der Waals surface area (Å²) < 4.78 is 21.2. The zero-order chi connectivity index (χ0) is 16.5. The number of halogens is 2. The summed E-state index contributed by atoms with van der Waals surface area (Å²) in [5.41, 5.74) is 1.52. The molecule has 0 saturated carbocycles. The largest absolute Gasteiger partial charge is 0.437 e. The van der Waals surface area contributed by atoms with Crippen LogP contribution in [0.15, 0.2) is 65.5 Å². The number of hydrogen-bond acceptors (Lipinski definition) is 4. The summed E-state index contributed by atoms with van der Waals surface area (Å²) in [6, 6.07) is 13.9. The number of aromatic nitrogens is 4. The van der Waals surface area contributed by atoms with Crippen LogP contribution in [0.4, 0.5) is 4.39 Å². The molecule has 4 rings (SSSR count). The van der Waals surface area contributed by atoms with Gasteiger partial charge in [0.25, 0.3) is 0 Å². The summed E-state index contributed by atoms with van der Waals surface area (Å²) in [4.78, 5) is 8.47. The molecule has 0 unspecified atom stereocenters. The van der Waals surface area contributed by atoms with Gasteiger partial charge in [-0.1, -0.05) is 18.2 Å². The van der Waals surface area contributed by atoms with E-state index in [-0.39, 0.29) is 5.82 Å². The van der Waals surface area contributed by atoms with Crippen LogP contribution < -0.4 is 4.74 Å². The van der Waals surface area contributed by atoms with Crippen LogP contribution in [-0.4, -0.2) is 19.7 Å². The molecule has 118 valence electrons. The Morgan fingerprint density at radius 2 is 1.88 bits per heavy atom. The predicted octanol–water partition coefficient (Wildman–Crippen LogP) is 4.51. The van der Waals surface area contributed by atoms with Crippen LogP contribution >= 0.6 is 15.9 Å². The molecule has 0 spiro atoms. The fourth-order valence-electron chi connectivity index (χ4n) is 2.32. The van der Waals surface area contributed by atoms with Crippen LogP contribution in [0.3, 0.4) is 0 Å². The first-order valence-electron chi connectivity index (χ1n) is 7.09. The maximum Gasteiger partial charge on any atom is 0.233 e. The molecule has 0 atom stereocenters. The van der Waals surface area contributed by atoms with Crippen LogP contribution in [0.25, 0.3) is 16.7 Å². The van der Waals surface area contributed by atoms with Crippen molar-refractivity contribution in [1.29, 1.82) is 0 Å². The predicted molar refractivity (Wildman–Crippen MR) is 90.8 cm³/mol. The van der Waals surface area contributed by atoms with E-state index in [9.17, 15) is 4.39 Å². The molecule has 24 heavy (non-hydrogen) atoms. The van der Waals surface area contributed by atoms with Crippen molar-refractivity contribution in [3.05, 3.63) is 71.3 Å². The zero-order valence-electron chi connectivity index (χ0n) is 12.2. The Labute approximate surface area is 144 Å². The molecule has 0 bridgehead atoms. The van der Waals surface area contributed by atoms with Crippen molar-refractivity contribution in [2.75, 3.05) is 0 Å². The summed E-state index contributed by atoms with van der Waals surface area (Å²) in [6.07, 6.45) is 3.06. The Hall–Kier alpha value is -2.80. The summed E-state index contributed by atoms with van der Waals surface area (Å²) >= 11 is 3.28. The van der Waals surface area contributed by atoms with Gasteiger partial charge in [-0.3, -0.25) is 0 Å². The number of rotatable bonds is 3. The SMILES string of the molecule is Fc1ccc(Oc2ncnc3c2cnn3-c2ccccc2)c(Br)c1. The Bertz CT molecular complexity index is 1020. The summed E-state index contributed by atoms with van der Waals surface area (Å²) in [7, 11) is 0. The third-order valence-electron chi connectivity index (χ3n) is 3.43. The van der Waals surface area contributed by atoms with Crippen molar-refractivity contribution < 1.29 is 9.13 Å². The lowest BCUT2D eigenvalue weighted by Gasteiger charge is -2.07. The molecule has 0 N–H and O–H groups in total. The average Bonchev–Trinajstić information content (AvgIpc) is 3.03. The van der Waals surface area contributed by atoms with Crippen molar-refractivity contribution in [3.63, 3.8) is 0 Å². The minimum absolute atomic E-state index is 0.348. The van der Waals surface area contributed by atoms with E-state index < -0.39 is 0 Å². The first-order valence-corrected chi connectivity index (χ1v) is 7.89. The Kier molecular flexibility index (Phi) is 3.70. The Morgan fingerprint density at radius 1 is 1.04 bits per heavy atom. The van der Waals surface area contributed by atoms with Gasteiger partial charge in [0.1, 0.15) is 23.3 Å². The second-order valence-corrected chi connectivity index (χ2v) is 5.84. The number of ether oxygens (including phenoxy) is 1. The van der Waals surface area contributed by atoms with Crippen LogP contribution in [0.5, 0.6) is 11.6 Å². The molecule has 0 aliphatic rings. The molecule has 2 aromatic heterocycles. The topological polar surface area (TPSA) is 52.8 Å². The second-order valence-electron chi connectivity index (χ2n) is 4.98. The summed E-state index contributed by atoms with van der Waals surface area (Å²) in [5.74, 6) is 0.470. The third kappa shape index (κ3) is 2.63. The van der Waals surface area contributed by atoms with Gasteiger partial charge >= 0.3 is 0 Å². The molecule has 2 heterocycles. The van der Waals surface area contributed by atoms with E-state index in [1.807, 2.05) is 30.3 Å². The van der Waals surface area contributed by atoms with E-state index in [1.165, 1.54) is 24.5 Å². The number of nitrogens with zero attached hydrogens (tertiary/aromatic N) is 4. The molecule has 2 aromatic carbocycles. The highest BCUT2D eigenvalue weighted by Crippen LogP contribution is 2.32. The molecular weight excluding hydrogens is 375 g/mol. The highest BCUT2D eigenvalue weighted by atomic mass is 79.9. The van der Waals surface area contributed by atoms with Crippen LogP contribution in [-0.2, 0) is 0 Å². The molecule has 0 aliphatic heterocycles. The number of fused-ring (bicyclic) bond motifs is 1. The molecule has 7 heteroatoms. The Morgan fingerprint density at radius 3 is 2.67 bits per heavy atom. The minimum atomic E-state index is -0.348. The van der Waals surface area contributed by atoms with E-state index in [0.29, 0.717) is 27.1 Å². The van der Waals surface area contributed by atoms with Gasteiger partial charge in [-0.05, 0) is 46.3 Å². The van der Waals surface area contributed by atoms with Crippen molar-refractivity contribution in [3.8, 4) is 17.3 Å². The second kappa shape index (κ2) is 6.01. The fraction of sp³-hybridized carbons (Fsp3) is 0. The average molecular weight is 385 g/mol. The molecule has 0 radical (unpaired) electrons. The lowest BCUT2D eigenvalue weighted by atomic mass is 10.3. The maximum atomic E-state index is 13.2. The van der Waals surface area contributed by atoms with Gasteiger partial charge in [-0.2, -0.15) is 5.10 Å². The van der Waals surface area contributed by atoms with Crippen LogP contribution in [0, 0.1) is 5.82 Å². The zero-order valence-corrected chi connectivity index (χ0v) is 13.8. The van der Waals surface area contributed by atoms with Crippen LogP contribution in [0.2, 0.25) is 0 Å². The van der Waals surface area contributed by atoms with Gasteiger partial charge < -0.3 is 4.74 Å². The highest BCUT2D eigenvalue weighted by Gasteiger charge is 2.14. The number of para-hydroxylation sites is 1. The summed E-state index contributed by atoms with van der Waals surface area (Å²) in [6.45, 7) is 0. The molecule has 0 aliphatic carbocycles. The highest BCUT2D eigenvalue weighted by molar-refractivity contribution is 9.10. The smallest absolute Gasteiger partial charge is 0.233 e. The van der Waals surface area contributed by atoms with Gasteiger partial charge in [0.15, 0.2) is 5.65 Å². The van der Waals surface area contributed by atoms with Crippen molar-refractivity contribution in [1.82, 2.24) is 19.7 Å². The maximum absolute atomic E-state index is 13.2. The monoisotopic (exact) mass is 384 g/mol. The molecule has 0 amide bonds. The van der Waals surface area contributed by atoms with Gasteiger partial charge in [-0.25, -0.2) is 19.0 Å². The van der Waals surface area contributed by atoms with E-state index in [4.69, 9.17) is 4.74 Å². The molecular formula is C17H10BrFN4O. The van der Waals surface area contributed by atoms with Crippen molar-refractivity contribution in [2.24, 2.45) is 0 Å². The first-order chi connectivity index (χ1) is 11.7. The standard InChI is InChI=1S/C17H10BrFN4O/c18-14-8-11(19)6-7-15(14)24-17-13-9-22-23(16(13)20-10-21-17)12-4-2-1-3-5-12/h1-10H. The fourth-order valence-corrected chi connectivity index (χ4v) is 2.76. The van der Waals surface area contributed by atoms with E-state index >= 15 is 0 Å². The quantitative estimate of drug-likeness (QED) is 0.521. The lowest BCUT2D eigenvalue weighted by molar-refractivity contribution is 0.463. The van der Waals surface area contributed by atoms with E-state index in [0.717, 1.165) is 5.69 Å². The minimum Gasteiger partial charge on any atom is -0.437 e. The third-order valence-corrected chi connectivity index (χ3v) is 4.05.